The van der Waals surface area contributed by atoms with Gasteiger partial charge in [0.05, 0.1) is 5.69 Å². The van der Waals surface area contributed by atoms with Gasteiger partial charge >= 0.3 is 0 Å². The Morgan fingerprint density at radius 2 is 1.65 bits per heavy atom. The lowest BCUT2D eigenvalue weighted by atomic mass is 9.99. The molecule has 0 fully saturated rings. The molecule has 2 aromatic rings. The molecule has 0 saturated carbocycles. The number of aryl methyl sites for hydroxylation is 1. The maximum absolute atomic E-state index is 5.45. The van der Waals surface area contributed by atoms with E-state index in [0.717, 1.165) is 22.4 Å². The van der Waals surface area contributed by atoms with Crippen LogP contribution in [-0.4, -0.2) is 5.96 Å². The Balaban J connectivity index is 2.64. The maximum Gasteiger partial charge on any atom is 0.191 e. The molecule has 0 aliphatic rings. The van der Waals surface area contributed by atoms with Gasteiger partial charge < -0.3 is 11.5 Å². The zero-order chi connectivity index (χ0) is 12.3. The zero-order valence-electron chi connectivity index (χ0n) is 9.72. The van der Waals surface area contributed by atoms with E-state index in [1.165, 1.54) is 0 Å². The Morgan fingerprint density at radius 3 is 2.29 bits per heavy atom. The van der Waals surface area contributed by atoms with Gasteiger partial charge in [0.2, 0.25) is 0 Å². The smallest absolute Gasteiger partial charge is 0.191 e. The average Bonchev–Trinajstić information content (AvgIpc) is 2.29. The zero-order valence-corrected chi connectivity index (χ0v) is 9.72. The van der Waals surface area contributed by atoms with Crippen molar-refractivity contribution < 1.29 is 0 Å². The SMILES string of the molecule is Cc1cccc(N=C(N)N)c1-c1ccccc1. The van der Waals surface area contributed by atoms with E-state index in [0.29, 0.717) is 0 Å². The summed E-state index contributed by atoms with van der Waals surface area (Å²) in [6.07, 6.45) is 0. The van der Waals surface area contributed by atoms with Gasteiger partial charge in [0, 0.05) is 5.56 Å². The fourth-order valence-corrected chi connectivity index (χ4v) is 1.86. The standard InChI is InChI=1S/C14H15N3/c1-10-6-5-9-12(17-14(15)16)13(10)11-7-3-2-4-8-11/h2-9H,1H3,(H4,15,16,17). The highest BCUT2D eigenvalue weighted by Gasteiger charge is 2.07. The van der Waals surface area contributed by atoms with E-state index in [1.54, 1.807) is 0 Å². The largest absolute Gasteiger partial charge is 0.370 e. The predicted octanol–water partition coefficient (Wildman–Crippen LogP) is 2.57. The van der Waals surface area contributed by atoms with Crippen LogP contribution in [0.2, 0.25) is 0 Å². The normalized spacial score (nSPS) is 9.94. The first-order valence-electron chi connectivity index (χ1n) is 5.43. The highest BCUT2D eigenvalue weighted by atomic mass is 15.0. The number of hydrogen-bond acceptors (Lipinski definition) is 1. The molecule has 0 aromatic heterocycles. The van der Waals surface area contributed by atoms with E-state index < -0.39 is 0 Å². The third-order valence-corrected chi connectivity index (χ3v) is 2.56. The summed E-state index contributed by atoms with van der Waals surface area (Å²) in [5.74, 6) is 0.0766. The molecular formula is C14H15N3. The first-order valence-corrected chi connectivity index (χ1v) is 5.43. The fraction of sp³-hybridized carbons (Fsp3) is 0.0714. The van der Waals surface area contributed by atoms with Crippen LogP contribution in [0.4, 0.5) is 5.69 Å². The van der Waals surface area contributed by atoms with Crippen LogP contribution in [-0.2, 0) is 0 Å². The third-order valence-electron chi connectivity index (χ3n) is 2.56. The Labute approximate surface area is 101 Å². The first-order chi connectivity index (χ1) is 8.18. The molecule has 0 heterocycles. The molecule has 0 radical (unpaired) electrons. The lowest BCUT2D eigenvalue weighted by molar-refractivity contribution is 1.38. The second-order valence-electron chi connectivity index (χ2n) is 3.87. The van der Waals surface area contributed by atoms with E-state index in [-0.39, 0.29) is 5.96 Å². The predicted molar refractivity (Wildman–Crippen MR) is 72.1 cm³/mol. The van der Waals surface area contributed by atoms with Crippen LogP contribution in [0.1, 0.15) is 5.56 Å². The summed E-state index contributed by atoms with van der Waals surface area (Å²) in [6, 6.07) is 16.0. The number of benzene rings is 2. The molecule has 2 aromatic carbocycles. The highest BCUT2D eigenvalue weighted by molar-refractivity contribution is 5.85. The monoisotopic (exact) mass is 225 g/mol. The molecule has 0 amide bonds. The van der Waals surface area contributed by atoms with Crippen LogP contribution in [0.3, 0.4) is 0 Å². The summed E-state index contributed by atoms with van der Waals surface area (Å²) in [5, 5.41) is 0. The lowest BCUT2D eigenvalue weighted by Crippen LogP contribution is -2.22. The van der Waals surface area contributed by atoms with E-state index in [9.17, 15) is 0 Å². The molecule has 0 unspecified atom stereocenters. The minimum atomic E-state index is 0.0766. The van der Waals surface area contributed by atoms with Gasteiger partial charge in [-0.05, 0) is 24.1 Å². The van der Waals surface area contributed by atoms with Gasteiger partial charge in [-0.2, -0.15) is 0 Å². The maximum atomic E-state index is 5.45. The van der Waals surface area contributed by atoms with Crippen molar-refractivity contribution in [3.05, 3.63) is 54.1 Å². The number of nitrogens with zero attached hydrogens (tertiary/aromatic N) is 1. The Hall–Kier alpha value is -2.29. The second kappa shape index (κ2) is 4.70. The minimum Gasteiger partial charge on any atom is -0.370 e. The number of aliphatic imine (C=N–C) groups is 1. The number of guanidine groups is 1. The van der Waals surface area contributed by atoms with Gasteiger partial charge in [-0.15, -0.1) is 0 Å². The fourth-order valence-electron chi connectivity index (χ4n) is 1.86. The van der Waals surface area contributed by atoms with Crippen molar-refractivity contribution in [1.29, 1.82) is 0 Å². The van der Waals surface area contributed by atoms with Gasteiger partial charge in [-0.3, -0.25) is 0 Å². The van der Waals surface area contributed by atoms with Crippen molar-refractivity contribution in [1.82, 2.24) is 0 Å². The number of hydrogen-bond donors (Lipinski definition) is 2. The van der Waals surface area contributed by atoms with E-state index in [4.69, 9.17) is 11.5 Å². The summed E-state index contributed by atoms with van der Waals surface area (Å²) in [7, 11) is 0. The van der Waals surface area contributed by atoms with Gasteiger partial charge in [-0.1, -0.05) is 42.5 Å². The molecule has 0 aliphatic heterocycles. The number of nitrogens with two attached hydrogens (primary N) is 2. The molecule has 3 heteroatoms. The van der Waals surface area contributed by atoms with E-state index in [2.05, 4.69) is 4.99 Å². The van der Waals surface area contributed by atoms with Crippen molar-refractivity contribution in [2.75, 3.05) is 0 Å². The molecule has 0 saturated heterocycles. The highest BCUT2D eigenvalue weighted by Crippen LogP contribution is 2.32. The van der Waals surface area contributed by atoms with Crippen LogP contribution in [0.15, 0.2) is 53.5 Å². The molecular weight excluding hydrogens is 210 g/mol. The van der Waals surface area contributed by atoms with Crippen LogP contribution < -0.4 is 11.5 Å². The quantitative estimate of drug-likeness (QED) is 0.609. The van der Waals surface area contributed by atoms with Gasteiger partial charge in [0.15, 0.2) is 5.96 Å². The van der Waals surface area contributed by atoms with Crippen LogP contribution in [0.25, 0.3) is 11.1 Å². The topological polar surface area (TPSA) is 64.4 Å². The molecule has 0 atom stereocenters. The van der Waals surface area contributed by atoms with Crippen molar-refractivity contribution in [3.8, 4) is 11.1 Å². The molecule has 2 rings (SSSR count). The third kappa shape index (κ3) is 2.45. The molecule has 0 spiro atoms. The van der Waals surface area contributed by atoms with Crippen LogP contribution in [0.5, 0.6) is 0 Å². The summed E-state index contributed by atoms with van der Waals surface area (Å²) >= 11 is 0. The average molecular weight is 225 g/mol. The van der Waals surface area contributed by atoms with Gasteiger partial charge in [0.1, 0.15) is 0 Å². The molecule has 0 bridgehead atoms. The van der Waals surface area contributed by atoms with Gasteiger partial charge in [-0.25, -0.2) is 4.99 Å². The Morgan fingerprint density at radius 1 is 0.941 bits per heavy atom. The molecule has 0 aliphatic carbocycles. The second-order valence-corrected chi connectivity index (χ2v) is 3.87. The van der Waals surface area contributed by atoms with E-state index in [1.807, 2.05) is 55.5 Å². The summed E-state index contributed by atoms with van der Waals surface area (Å²) in [4.78, 5) is 4.17. The van der Waals surface area contributed by atoms with E-state index >= 15 is 0 Å². The molecule has 3 nitrogen and oxygen atoms in total. The van der Waals surface area contributed by atoms with Crippen LogP contribution in [0, 0.1) is 6.92 Å². The summed E-state index contributed by atoms with van der Waals surface area (Å²) in [6.45, 7) is 2.05. The summed E-state index contributed by atoms with van der Waals surface area (Å²) in [5.41, 5.74) is 15.0. The molecule has 86 valence electrons. The first kappa shape index (κ1) is 11.2. The van der Waals surface area contributed by atoms with Crippen molar-refractivity contribution in [2.45, 2.75) is 6.92 Å². The Kier molecular flexibility index (Phi) is 3.10. The Bertz CT molecular complexity index is 541. The van der Waals surface area contributed by atoms with Crippen molar-refractivity contribution in [2.24, 2.45) is 16.5 Å². The van der Waals surface area contributed by atoms with Gasteiger partial charge in [0.25, 0.3) is 0 Å². The minimum absolute atomic E-state index is 0.0766. The van der Waals surface area contributed by atoms with Crippen molar-refractivity contribution >= 4 is 11.6 Å². The van der Waals surface area contributed by atoms with Crippen molar-refractivity contribution in [3.63, 3.8) is 0 Å². The lowest BCUT2D eigenvalue weighted by Gasteiger charge is -2.09. The summed E-state index contributed by atoms with van der Waals surface area (Å²) < 4.78 is 0. The molecule has 17 heavy (non-hydrogen) atoms. The van der Waals surface area contributed by atoms with Crippen LogP contribution >= 0.6 is 0 Å². The number of rotatable bonds is 2. The molecule has 4 N–H and O–H groups in total.